The lowest BCUT2D eigenvalue weighted by Crippen LogP contribution is -2.41. The van der Waals surface area contributed by atoms with Gasteiger partial charge in [-0.2, -0.15) is 18.4 Å². The van der Waals surface area contributed by atoms with Gasteiger partial charge in [0.25, 0.3) is 0 Å². The van der Waals surface area contributed by atoms with Crippen LogP contribution in [0.25, 0.3) is 0 Å². The van der Waals surface area contributed by atoms with Gasteiger partial charge in [-0.3, -0.25) is 9.03 Å². The van der Waals surface area contributed by atoms with E-state index in [0.717, 1.165) is 51.3 Å². The quantitative estimate of drug-likeness (QED) is 0.211. The van der Waals surface area contributed by atoms with Crippen molar-refractivity contribution < 1.29 is 13.2 Å². The Bertz CT molecular complexity index is 1280. The maximum atomic E-state index is 13.7. The number of benzene rings is 2. The normalized spacial score (nSPS) is 21.7. The lowest BCUT2D eigenvalue weighted by atomic mass is 9.67. The fraction of sp³-hybridized carbons (Fsp3) is 0.469. The number of halogens is 3. The van der Waals surface area contributed by atoms with Crippen molar-refractivity contribution in [3.05, 3.63) is 89.1 Å². The van der Waals surface area contributed by atoms with Crippen LogP contribution in [0.4, 0.5) is 18.9 Å². The zero-order valence-corrected chi connectivity index (χ0v) is 25.6. The number of piperidine rings is 1. The predicted molar refractivity (Wildman–Crippen MR) is 167 cm³/mol. The molecule has 2 N–H and O–H groups in total. The average molecular weight is 601 g/mol. The molecule has 0 amide bonds. The fourth-order valence-electron chi connectivity index (χ4n) is 6.12. The fourth-order valence-corrected chi connectivity index (χ4v) is 7.43. The molecule has 2 aromatic rings. The summed E-state index contributed by atoms with van der Waals surface area (Å²) >= 11 is 3.50. The van der Waals surface area contributed by atoms with Crippen LogP contribution in [0.3, 0.4) is 0 Å². The number of nitriles is 1. The topological polar surface area (TPSA) is 51.1 Å². The number of alkyl halides is 3. The number of hydrogen-bond acceptors (Lipinski definition) is 6. The van der Waals surface area contributed by atoms with E-state index < -0.39 is 17.2 Å². The summed E-state index contributed by atoms with van der Waals surface area (Å²) in [5.41, 5.74) is 1.79. The summed E-state index contributed by atoms with van der Waals surface area (Å²) < 4.78 is 46.6. The lowest BCUT2D eigenvalue weighted by molar-refractivity contribution is -0.137. The molecule has 0 aromatic heterocycles. The Kier molecular flexibility index (Phi) is 10.6. The van der Waals surface area contributed by atoms with E-state index in [4.69, 9.17) is 0 Å². The second kappa shape index (κ2) is 13.7. The van der Waals surface area contributed by atoms with E-state index in [-0.39, 0.29) is 5.56 Å². The molecule has 220 valence electrons. The first kappa shape index (κ1) is 31.6. The molecule has 0 radical (unpaired) electrons. The Morgan fingerprint density at radius 1 is 1.10 bits per heavy atom. The second-order valence-corrected chi connectivity index (χ2v) is 13.3. The van der Waals surface area contributed by atoms with Gasteiger partial charge < -0.3 is 5.32 Å². The van der Waals surface area contributed by atoms with E-state index in [2.05, 4.69) is 70.5 Å². The van der Waals surface area contributed by atoms with Gasteiger partial charge in [0.05, 0.1) is 17.2 Å². The zero-order chi connectivity index (χ0) is 29.6. The molecule has 0 spiro atoms. The van der Waals surface area contributed by atoms with Crippen LogP contribution in [-0.2, 0) is 12.6 Å². The number of allylic oxidation sites excluding steroid dienone is 2. The van der Waals surface area contributed by atoms with Crippen LogP contribution in [0.5, 0.6) is 0 Å². The number of anilines is 1. The molecule has 1 fully saturated rings. The molecule has 4 rings (SSSR count). The average Bonchev–Trinajstić information content (AvgIpc) is 2.97. The van der Waals surface area contributed by atoms with E-state index in [1.807, 2.05) is 7.05 Å². The standard InChI is InChI=1S/C32H39F3N4S2/c1-22(38-28-11-8-26(21-36)30(19-28)32(33,34)35)31(2,27-14-16-39(40-4)17-15-27)20-23-6-5-7-25(18-23)24-9-12-29(13-10-24)41-37-3/h5-9,11-12,18-19,24,27,29,37-38H,1,10,13-17,20H2,2-4H3. The zero-order valence-electron chi connectivity index (χ0n) is 23.9. The molecule has 0 saturated carbocycles. The molecule has 3 atom stereocenters. The van der Waals surface area contributed by atoms with E-state index >= 15 is 0 Å². The van der Waals surface area contributed by atoms with E-state index in [9.17, 15) is 18.4 Å². The number of hydrogen-bond donors (Lipinski definition) is 2. The number of nitrogens with zero attached hydrogens (tertiary/aromatic N) is 2. The van der Waals surface area contributed by atoms with Crippen molar-refractivity contribution in [1.29, 1.82) is 5.26 Å². The molecule has 9 heteroatoms. The van der Waals surface area contributed by atoms with Gasteiger partial charge in [0.15, 0.2) is 0 Å². The minimum absolute atomic E-state index is 0.296. The summed E-state index contributed by atoms with van der Waals surface area (Å²) in [6.07, 6.45) is 7.00. The highest BCUT2D eigenvalue weighted by molar-refractivity contribution is 7.98. The summed E-state index contributed by atoms with van der Waals surface area (Å²) in [5, 5.41) is 12.9. The first-order valence-corrected chi connectivity index (χ1v) is 16.1. The highest BCUT2D eigenvalue weighted by atomic mass is 32.2. The first-order valence-electron chi connectivity index (χ1n) is 14.0. The monoisotopic (exact) mass is 600 g/mol. The maximum Gasteiger partial charge on any atom is 0.417 e. The third-order valence-electron chi connectivity index (χ3n) is 8.58. The van der Waals surface area contributed by atoms with Gasteiger partial charge in [0, 0.05) is 41.1 Å². The number of rotatable bonds is 10. The van der Waals surface area contributed by atoms with Crippen molar-refractivity contribution in [1.82, 2.24) is 9.03 Å². The molecular weight excluding hydrogens is 562 g/mol. The molecule has 2 aromatic carbocycles. The number of nitrogens with one attached hydrogen (secondary N) is 2. The van der Waals surface area contributed by atoms with Gasteiger partial charge >= 0.3 is 6.18 Å². The highest BCUT2D eigenvalue weighted by Gasteiger charge is 2.40. The van der Waals surface area contributed by atoms with Crippen molar-refractivity contribution in [3.63, 3.8) is 0 Å². The van der Waals surface area contributed by atoms with E-state index in [1.165, 1.54) is 23.3 Å². The smallest absolute Gasteiger partial charge is 0.359 e. The molecule has 2 aliphatic rings. The lowest BCUT2D eigenvalue weighted by Gasteiger charge is -2.44. The molecule has 41 heavy (non-hydrogen) atoms. The predicted octanol–water partition coefficient (Wildman–Crippen LogP) is 8.41. The van der Waals surface area contributed by atoms with Crippen molar-refractivity contribution in [2.45, 2.75) is 56.4 Å². The summed E-state index contributed by atoms with van der Waals surface area (Å²) in [5.74, 6) is 0.685. The van der Waals surface area contributed by atoms with Gasteiger partial charge in [-0.25, -0.2) is 0 Å². The minimum atomic E-state index is -4.61. The van der Waals surface area contributed by atoms with Gasteiger partial charge in [0.2, 0.25) is 0 Å². The molecule has 1 aliphatic carbocycles. The third kappa shape index (κ3) is 7.72. The Morgan fingerprint density at radius 2 is 1.85 bits per heavy atom. The molecule has 4 nitrogen and oxygen atoms in total. The van der Waals surface area contributed by atoms with Crippen LogP contribution >= 0.6 is 23.9 Å². The summed E-state index contributed by atoms with van der Waals surface area (Å²) in [4.78, 5) is 0. The van der Waals surface area contributed by atoms with Crippen molar-refractivity contribution in [2.75, 3.05) is 31.7 Å². The maximum absolute atomic E-state index is 13.7. The Balaban J connectivity index is 1.60. The van der Waals surface area contributed by atoms with E-state index in [1.54, 1.807) is 30.0 Å². The van der Waals surface area contributed by atoms with E-state index in [0.29, 0.717) is 28.5 Å². The van der Waals surface area contributed by atoms with Gasteiger partial charge in [-0.05, 0) is 80.7 Å². The van der Waals surface area contributed by atoms with Crippen LogP contribution in [0.1, 0.15) is 60.8 Å². The Labute approximate surface area is 251 Å². The SMILES string of the molecule is C=C(Nc1ccc(C#N)c(C(F)(F)F)c1)C(C)(Cc1cccc(C2C=CC(SNC)CC2)c1)C1CCN(SC)CC1. The molecule has 3 unspecified atom stereocenters. The van der Waals surface area contributed by atoms with Crippen LogP contribution in [0, 0.1) is 22.7 Å². The van der Waals surface area contributed by atoms with Crippen LogP contribution in [-0.4, -0.2) is 35.9 Å². The first-order chi connectivity index (χ1) is 19.6. The summed E-state index contributed by atoms with van der Waals surface area (Å²) in [7, 11) is 1.95. The minimum Gasteiger partial charge on any atom is -0.359 e. The summed E-state index contributed by atoms with van der Waals surface area (Å²) in [6.45, 7) is 8.53. The summed E-state index contributed by atoms with van der Waals surface area (Å²) in [6, 6.07) is 14.2. The van der Waals surface area contributed by atoms with Gasteiger partial charge in [0.1, 0.15) is 0 Å². The molecule has 1 aliphatic heterocycles. The van der Waals surface area contributed by atoms with Crippen LogP contribution in [0.15, 0.2) is 66.9 Å². The van der Waals surface area contributed by atoms with Crippen LogP contribution < -0.4 is 10.0 Å². The second-order valence-electron chi connectivity index (χ2n) is 11.1. The van der Waals surface area contributed by atoms with Crippen molar-refractivity contribution in [2.24, 2.45) is 11.3 Å². The highest BCUT2D eigenvalue weighted by Crippen LogP contribution is 2.45. The molecule has 1 heterocycles. The largest absolute Gasteiger partial charge is 0.417 e. The Hall–Kier alpha value is -2.38. The third-order valence-corrected chi connectivity index (χ3v) is 10.4. The Morgan fingerprint density at radius 3 is 2.46 bits per heavy atom. The molecule has 1 saturated heterocycles. The van der Waals surface area contributed by atoms with Crippen molar-refractivity contribution >= 4 is 29.6 Å². The van der Waals surface area contributed by atoms with Gasteiger partial charge in [-0.1, -0.05) is 73.8 Å². The molecular formula is C32H39F3N4S2. The van der Waals surface area contributed by atoms with Gasteiger partial charge in [-0.15, -0.1) is 0 Å². The van der Waals surface area contributed by atoms with Crippen LogP contribution in [0.2, 0.25) is 0 Å². The van der Waals surface area contributed by atoms with Crippen molar-refractivity contribution in [3.8, 4) is 6.07 Å². The molecule has 0 bridgehead atoms.